The van der Waals surface area contributed by atoms with E-state index in [0.29, 0.717) is 28.7 Å². The number of rotatable bonds is 6. The number of hydrogen-bond donors (Lipinski definition) is 2. The van der Waals surface area contributed by atoms with Gasteiger partial charge in [0.1, 0.15) is 16.6 Å². The van der Waals surface area contributed by atoms with Crippen molar-refractivity contribution in [3.05, 3.63) is 34.6 Å². The summed E-state index contributed by atoms with van der Waals surface area (Å²) in [5, 5.41) is 6.93. The van der Waals surface area contributed by atoms with Gasteiger partial charge >= 0.3 is 0 Å². The summed E-state index contributed by atoms with van der Waals surface area (Å²) >= 11 is 7.18. The number of nitrogens with zero attached hydrogens (tertiary/aromatic N) is 2. The molecule has 0 spiro atoms. The third-order valence-corrected chi connectivity index (χ3v) is 3.91. The Hall–Kier alpha value is -1.86. The lowest BCUT2D eigenvalue weighted by Gasteiger charge is -2.08. The Bertz CT molecular complexity index is 632. The maximum Gasteiger partial charge on any atom is 0.256 e. The van der Waals surface area contributed by atoms with Gasteiger partial charge in [-0.15, -0.1) is 0 Å². The van der Waals surface area contributed by atoms with Crippen LogP contribution in [0.1, 0.15) is 16.1 Å². The number of ether oxygens (including phenoxy) is 1. The van der Waals surface area contributed by atoms with Crippen LogP contribution in [-0.4, -0.2) is 35.5 Å². The van der Waals surface area contributed by atoms with Crippen LogP contribution >= 0.6 is 23.1 Å². The Labute approximate surface area is 131 Å². The standard InChI is InChI=1S/C13H15ClN4O2S/c1-8-10(13(15-2)21-18-8)11(19)16-6-7-20-12-9(14)4-3-5-17-12/h3-5,15H,6-7H2,1-2H3,(H,16,19). The minimum Gasteiger partial charge on any atom is -0.475 e. The number of aromatic nitrogens is 2. The summed E-state index contributed by atoms with van der Waals surface area (Å²) in [4.78, 5) is 16.1. The molecule has 1 amide bonds. The van der Waals surface area contributed by atoms with Crippen molar-refractivity contribution >= 4 is 34.0 Å². The van der Waals surface area contributed by atoms with E-state index in [0.717, 1.165) is 5.00 Å². The number of nitrogens with one attached hydrogen (secondary N) is 2. The molecule has 6 nitrogen and oxygen atoms in total. The van der Waals surface area contributed by atoms with Crippen LogP contribution in [0.2, 0.25) is 5.02 Å². The van der Waals surface area contributed by atoms with Crippen molar-refractivity contribution in [2.24, 2.45) is 0 Å². The molecule has 0 radical (unpaired) electrons. The number of aryl methyl sites for hydroxylation is 1. The molecular weight excluding hydrogens is 312 g/mol. The third kappa shape index (κ3) is 3.83. The first-order valence-electron chi connectivity index (χ1n) is 6.29. The van der Waals surface area contributed by atoms with Crippen LogP contribution in [0.5, 0.6) is 5.88 Å². The Morgan fingerprint density at radius 1 is 1.52 bits per heavy atom. The van der Waals surface area contributed by atoms with Gasteiger partial charge < -0.3 is 15.4 Å². The van der Waals surface area contributed by atoms with Crippen LogP contribution in [0, 0.1) is 6.92 Å². The van der Waals surface area contributed by atoms with Crippen LogP contribution in [0.25, 0.3) is 0 Å². The van der Waals surface area contributed by atoms with Crippen LogP contribution < -0.4 is 15.4 Å². The second kappa shape index (κ2) is 7.24. The lowest BCUT2D eigenvalue weighted by molar-refractivity contribution is 0.0947. The zero-order valence-corrected chi connectivity index (χ0v) is 13.2. The second-order valence-electron chi connectivity index (χ2n) is 4.12. The van der Waals surface area contributed by atoms with E-state index in [4.69, 9.17) is 16.3 Å². The molecule has 0 aliphatic heterocycles. The normalized spacial score (nSPS) is 10.2. The summed E-state index contributed by atoms with van der Waals surface area (Å²) in [6.45, 7) is 2.44. The zero-order valence-electron chi connectivity index (χ0n) is 11.6. The molecule has 0 bridgehead atoms. The summed E-state index contributed by atoms with van der Waals surface area (Å²) in [6.07, 6.45) is 1.60. The molecule has 0 aliphatic rings. The highest BCUT2D eigenvalue weighted by molar-refractivity contribution is 7.10. The minimum atomic E-state index is -0.179. The molecule has 2 N–H and O–H groups in total. The topological polar surface area (TPSA) is 76.1 Å². The number of anilines is 1. The average Bonchev–Trinajstić information content (AvgIpc) is 2.86. The number of carbonyl (C=O) groups is 1. The van der Waals surface area contributed by atoms with E-state index in [9.17, 15) is 4.79 Å². The largest absolute Gasteiger partial charge is 0.475 e. The quantitative estimate of drug-likeness (QED) is 0.797. The molecule has 0 aliphatic carbocycles. The Balaban J connectivity index is 1.85. The zero-order chi connectivity index (χ0) is 15.2. The van der Waals surface area contributed by atoms with Crippen molar-refractivity contribution < 1.29 is 9.53 Å². The molecule has 8 heteroatoms. The first-order valence-corrected chi connectivity index (χ1v) is 7.44. The molecule has 2 heterocycles. The molecule has 21 heavy (non-hydrogen) atoms. The predicted octanol–water partition coefficient (Wildman–Crippen LogP) is 2.35. The Morgan fingerprint density at radius 3 is 3.05 bits per heavy atom. The number of pyridine rings is 1. The van der Waals surface area contributed by atoms with Gasteiger partial charge in [0.05, 0.1) is 17.8 Å². The first kappa shape index (κ1) is 15.5. The summed E-state index contributed by atoms with van der Waals surface area (Å²) in [7, 11) is 1.76. The Kier molecular flexibility index (Phi) is 5.35. The molecule has 2 rings (SSSR count). The number of hydrogen-bond acceptors (Lipinski definition) is 6. The van der Waals surface area contributed by atoms with E-state index in [2.05, 4.69) is 20.0 Å². The summed E-state index contributed by atoms with van der Waals surface area (Å²) in [5.41, 5.74) is 1.27. The van der Waals surface area contributed by atoms with Crippen LogP contribution in [0.15, 0.2) is 18.3 Å². The second-order valence-corrected chi connectivity index (χ2v) is 5.30. The van der Waals surface area contributed by atoms with Gasteiger partial charge in [0.2, 0.25) is 5.88 Å². The fourth-order valence-corrected chi connectivity index (χ4v) is 2.60. The van der Waals surface area contributed by atoms with Crippen molar-refractivity contribution in [2.75, 3.05) is 25.5 Å². The summed E-state index contributed by atoms with van der Waals surface area (Å²) < 4.78 is 9.56. The molecule has 0 fully saturated rings. The van der Waals surface area contributed by atoms with Gasteiger partial charge in [-0.2, -0.15) is 4.37 Å². The van der Waals surface area contributed by atoms with Crippen molar-refractivity contribution in [1.29, 1.82) is 0 Å². The predicted molar refractivity (Wildman–Crippen MR) is 83.5 cm³/mol. The molecule has 2 aromatic heterocycles. The highest BCUT2D eigenvalue weighted by Gasteiger charge is 2.17. The number of carbonyl (C=O) groups excluding carboxylic acids is 1. The lowest BCUT2D eigenvalue weighted by Crippen LogP contribution is -2.28. The van der Waals surface area contributed by atoms with E-state index in [1.165, 1.54) is 11.5 Å². The van der Waals surface area contributed by atoms with Gasteiger partial charge in [-0.25, -0.2) is 4.98 Å². The van der Waals surface area contributed by atoms with E-state index >= 15 is 0 Å². The molecule has 0 aromatic carbocycles. The highest BCUT2D eigenvalue weighted by Crippen LogP contribution is 2.23. The molecule has 112 valence electrons. The van der Waals surface area contributed by atoms with Gasteiger partial charge in [0.25, 0.3) is 5.91 Å². The van der Waals surface area contributed by atoms with E-state index in [1.54, 1.807) is 32.3 Å². The van der Waals surface area contributed by atoms with Crippen molar-refractivity contribution in [2.45, 2.75) is 6.92 Å². The van der Waals surface area contributed by atoms with Crippen LogP contribution in [0.4, 0.5) is 5.00 Å². The summed E-state index contributed by atoms with van der Waals surface area (Å²) in [6, 6.07) is 3.42. The van der Waals surface area contributed by atoms with Crippen molar-refractivity contribution in [3.63, 3.8) is 0 Å². The highest BCUT2D eigenvalue weighted by atomic mass is 35.5. The smallest absolute Gasteiger partial charge is 0.256 e. The number of amides is 1. The van der Waals surface area contributed by atoms with Crippen molar-refractivity contribution in [1.82, 2.24) is 14.7 Å². The van der Waals surface area contributed by atoms with Gasteiger partial charge in [0.15, 0.2) is 0 Å². The van der Waals surface area contributed by atoms with Crippen molar-refractivity contribution in [3.8, 4) is 5.88 Å². The van der Waals surface area contributed by atoms with E-state index < -0.39 is 0 Å². The van der Waals surface area contributed by atoms with E-state index in [1.807, 2.05) is 0 Å². The fourth-order valence-electron chi connectivity index (χ4n) is 1.69. The average molecular weight is 327 g/mol. The maximum absolute atomic E-state index is 12.1. The molecule has 0 saturated heterocycles. The first-order chi connectivity index (χ1) is 10.1. The summed E-state index contributed by atoms with van der Waals surface area (Å²) in [5.74, 6) is 0.180. The molecule has 0 saturated carbocycles. The van der Waals surface area contributed by atoms with Gasteiger partial charge in [-0.3, -0.25) is 4.79 Å². The minimum absolute atomic E-state index is 0.179. The maximum atomic E-state index is 12.1. The SMILES string of the molecule is CNc1snc(C)c1C(=O)NCCOc1ncccc1Cl. The lowest BCUT2D eigenvalue weighted by atomic mass is 10.2. The molecule has 0 atom stereocenters. The molecule has 0 unspecified atom stereocenters. The molecular formula is C13H15ClN4O2S. The van der Waals surface area contributed by atoms with Crippen LogP contribution in [-0.2, 0) is 0 Å². The van der Waals surface area contributed by atoms with Gasteiger partial charge in [-0.1, -0.05) is 11.6 Å². The third-order valence-electron chi connectivity index (χ3n) is 2.67. The van der Waals surface area contributed by atoms with E-state index in [-0.39, 0.29) is 12.5 Å². The monoisotopic (exact) mass is 326 g/mol. The van der Waals surface area contributed by atoms with Gasteiger partial charge in [0, 0.05) is 13.2 Å². The van der Waals surface area contributed by atoms with Crippen LogP contribution in [0.3, 0.4) is 0 Å². The molecule has 2 aromatic rings. The Morgan fingerprint density at radius 2 is 2.33 bits per heavy atom. The number of halogens is 1. The van der Waals surface area contributed by atoms with Gasteiger partial charge in [-0.05, 0) is 30.6 Å². The fraction of sp³-hybridized carbons (Fsp3) is 0.308.